The van der Waals surface area contributed by atoms with Gasteiger partial charge in [-0.2, -0.15) is 0 Å². The Hall–Kier alpha value is -1.21. The number of aliphatic hydroxyl groups is 1. The second-order valence-corrected chi connectivity index (χ2v) is 6.83. The Bertz CT molecular complexity index is 507. The van der Waals surface area contributed by atoms with Crippen molar-refractivity contribution in [3.8, 4) is 0 Å². The van der Waals surface area contributed by atoms with Crippen LogP contribution in [0.1, 0.15) is 27.2 Å². The maximum atomic E-state index is 11.9. The van der Waals surface area contributed by atoms with E-state index in [1.807, 2.05) is 0 Å². The molecule has 0 aromatic carbocycles. The molecule has 0 radical (unpaired) electrons. The summed E-state index contributed by atoms with van der Waals surface area (Å²) >= 11 is 3.11. The molecule has 7 heteroatoms. The molecule has 2 rings (SSSR count). The molecular weight excluding hydrogens is 330 g/mol. The van der Waals surface area contributed by atoms with Crippen LogP contribution in [0.15, 0.2) is 17.3 Å². The van der Waals surface area contributed by atoms with Crippen LogP contribution in [-0.4, -0.2) is 44.7 Å². The van der Waals surface area contributed by atoms with Gasteiger partial charge in [0.1, 0.15) is 16.5 Å². The van der Waals surface area contributed by atoms with Crippen LogP contribution >= 0.6 is 15.9 Å². The Morgan fingerprint density at radius 3 is 2.85 bits per heavy atom. The van der Waals surface area contributed by atoms with E-state index in [2.05, 4.69) is 21.1 Å². The molecule has 1 spiro atoms. The molecule has 0 bridgehead atoms. The molecule has 0 unspecified atom stereocenters. The lowest BCUT2D eigenvalue weighted by Crippen LogP contribution is -2.51. The van der Waals surface area contributed by atoms with Crippen LogP contribution in [0.25, 0.3) is 0 Å². The summed E-state index contributed by atoms with van der Waals surface area (Å²) in [4.78, 5) is 27.8. The highest BCUT2D eigenvalue weighted by Gasteiger charge is 2.52. The molecule has 20 heavy (non-hydrogen) atoms. The molecule has 2 aliphatic rings. The molecule has 0 saturated heterocycles. The third kappa shape index (κ3) is 2.78. The molecule has 1 N–H and O–H groups in total. The summed E-state index contributed by atoms with van der Waals surface area (Å²) in [6, 6.07) is 0. The summed E-state index contributed by atoms with van der Waals surface area (Å²) in [5.41, 5.74) is -1.73. The van der Waals surface area contributed by atoms with Crippen LogP contribution in [-0.2, 0) is 19.2 Å². The molecule has 1 aliphatic heterocycles. The van der Waals surface area contributed by atoms with Gasteiger partial charge in [0.2, 0.25) is 0 Å². The van der Waals surface area contributed by atoms with E-state index in [0.717, 1.165) is 0 Å². The number of ketones is 1. The molecular formula is C13H16BrNO5. The minimum Gasteiger partial charge on any atom is -0.455 e. The van der Waals surface area contributed by atoms with Crippen molar-refractivity contribution in [3.63, 3.8) is 0 Å². The number of carbonyl (C=O) groups excluding carboxylic acids is 2. The highest BCUT2D eigenvalue weighted by Crippen LogP contribution is 2.36. The topological polar surface area (TPSA) is 85.2 Å². The lowest BCUT2D eigenvalue weighted by Gasteiger charge is -2.33. The van der Waals surface area contributed by atoms with Crippen molar-refractivity contribution < 1.29 is 24.3 Å². The molecule has 110 valence electrons. The van der Waals surface area contributed by atoms with E-state index in [9.17, 15) is 14.7 Å². The van der Waals surface area contributed by atoms with Crippen molar-refractivity contribution in [1.82, 2.24) is 0 Å². The van der Waals surface area contributed by atoms with Gasteiger partial charge in [-0.05, 0) is 32.9 Å². The van der Waals surface area contributed by atoms with Gasteiger partial charge >= 0.3 is 5.97 Å². The number of hydrogen-bond donors (Lipinski definition) is 1. The summed E-state index contributed by atoms with van der Waals surface area (Å²) in [7, 11) is 0. The number of hydrogen-bond acceptors (Lipinski definition) is 6. The second kappa shape index (κ2) is 4.96. The Labute approximate surface area is 124 Å². The smallest absolute Gasteiger partial charge is 0.356 e. The lowest BCUT2D eigenvalue weighted by molar-refractivity contribution is -0.146. The highest BCUT2D eigenvalue weighted by atomic mass is 79.9. The van der Waals surface area contributed by atoms with Crippen molar-refractivity contribution in [3.05, 3.63) is 12.2 Å². The van der Waals surface area contributed by atoms with Crippen LogP contribution in [0.3, 0.4) is 0 Å². The number of esters is 1. The second-order valence-electron chi connectivity index (χ2n) is 5.85. The molecule has 0 fully saturated rings. The zero-order valence-corrected chi connectivity index (χ0v) is 13.0. The quantitative estimate of drug-likeness (QED) is 0.568. The van der Waals surface area contributed by atoms with E-state index >= 15 is 0 Å². The number of ether oxygens (including phenoxy) is 1. The first-order valence-corrected chi connectivity index (χ1v) is 7.10. The molecule has 0 aromatic rings. The zero-order valence-electron chi connectivity index (χ0n) is 11.4. The average molecular weight is 346 g/mol. The molecule has 1 heterocycles. The van der Waals surface area contributed by atoms with Gasteiger partial charge in [0, 0.05) is 6.42 Å². The molecule has 0 amide bonds. The minimum atomic E-state index is -1.19. The van der Waals surface area contributed by atoms with Crippen molar-refractivity contribution >= 4 is 33.4 Å². The first-order valence-electron chi connectivity index (χ1n) is 6.18. The Morgan fingerprint density at radius 1 is 1.60 bits per heavy atom. The standard InChI is InChI=1S/C13H16BrNO5/c1-12(2,3)19-11(18)7-6-13(20-15-7)5-4-8(16)9(14)10(13)17/h4-5,9-10,17H,6H2,1-3H3/t9-,10-,13+/m0/s1. The van der Waals surface area contributed by atoms with Crippen molar-refractivity contribution in [1.29, 1.82) is 0 Å². The van der Waals surface area contributed by atoms with Crippen LogP contribution in [0.5, 0.6) is 0 Å². The molecule has 6 nitrogen and oxygen atoms in total. The number of halogens is 1. The number of alkyl halides is 1. The summed E-state index contributed by atoms with van der Waals surface area (Å²) in [6.07, 6.45) is 1.71. The van der Waals surface area contributed by atoms with Crippen molar-refractivity contribution in [2.75, 3.05) is 0 Å². The van der Waals surface area contributed by atoms with Crippen LogP contribution < -0.4 is 0 Å². The van der Waals surface area contributed by atoms with Gasteiger partial charge in [0.15, 0.2) is 17.1 Å². The summed E-state index contributed by atoms with van der Waals surface area (Å²) in [6.45, 7) is 5.25. The predicted octanol–water partition coefficient (Wildman–Crippen LogP) is 1.11. The number of nitrogens with zero attached hydrogens (tertiary/aromatic N) is 1. The van der Waals surface area contributed by atoms with Gasteiger partial charge in [-0.1, -0.05) is 21.1 Å². The third-order valence-corrected chi connectivity index (χ3v) is 3.94. The van der Waals surface area contributed by atoms with E-state index in [0.29, 0.717) is 0 Å². The van der Waals surface area contributed by atoms with Gasteiger partial charge < -0.3 is 14.7 Å². The van der Waals surface area contributed by atoms with Gasteiger partial charge in [-0.3, -0.25) is 4.79 Å². The third-order valence-electron chi connectivity index (χ3n) is 2.98. The number of rotatable bonds is 1. The number of oxime groups is 1. The van der Waals surface area contributed by atoms with Crippen LogP contribution in [0.4, 0.5) is 0 Å². The van der Waals surface area contributed by atoms with Gasteiger partial charge in [-0.15, -0.1) is 0 Å². The maximum absolute atomic E-state index is 11.9. The van der Waals surface area contributed by atoms with Gasteiger partial charge in [0.25, 0.3) is 0 Å². The molecule has 3 atom stereocenters. The highest BCUT2D eigenvalue weighted by molar-refractivity contribution is 9.10. The van der Waals surface area contributed by atoms with Crippen molar-refractivity contribution in [2.45, 2.75) is 49.3 Å². The summed E-state index contributed by atoms with van der Waals surface area (Å²) in [5.74, 6) is -0.838. The van der Waals surface area contributed by atoms with Gasteiger partial charge in [0.05, 0.1) is 0 Å². The van der Waals surface area contributed by atoms with E-state index < -0.39 is 28.1 Å². The summed E-state index contributed by atoms with van der Waals surface area (Å²) in [5, 5.41) is 13.9. The van der Waals surface area contributed by atoms with E-state index in [4.69, 9.17) is 9.57 Å². The fourth-order valence-electron chi connectivity index (χ4n) is 1.98. The minimum absolute atomic E-state index is 0.0644. The normalized spacial score (nSPS) is 33.0. The number of allylic oxidation sites excluding steroid dienone is 1. The number of aliphatic hydroxyl groups excluding tert-OH is 1. The maximum Gasteiger partial charge on any atom is 0.356 e. The Kier molecular flexibility index (Phi) is 3.77. The first-order chi connectivity index (χ1) is 9.15. The fraction of sp³-hybridized carbons (Fsp3) is 0.615. The Balaban J connectivity index is 2.13. The largest absolute Gasteiger partial charge is 0.455 e. The fourth-order valence-corrected chi connectivity index (χ4v) is 2.58. The van der Waals surface area contributed by atoms with E-state index in [1.165, 1.54) is 12.2 Å². The molecule has 1 aliphatic carbocycles. The van der Waals surface area contributed by atoms with E-state index in [1.54, 1.807) is 20.8 Å². The zero-order chi connectivity index (χ0) is 15.1. The first kappa shape index (κ1) is 15.2. The van der Waals surface area contributed by atoms with Crippen molar-refractivity contribution in [2.24, 2.45) is 5.16 Å². The van der Waals surface area contributed by atoms with Gasteiger partial charge in [-0.25, -0.2) is 4.79 Å². The average Bonchev–Trinajstić information content (AvgIpc) is 2.76. The van der Waals surface area contributed by atoms with Crippen LogP contribution in [0.2, 0.25) is 0 Å². The van der Waals surface area contributed by atoms with Crippen LogP contribution in [0, 0.1) is 0 Å². The SMILES string of the molecule is CC(C)(C)OC(=O)C1=NO[C@]2(C=CC(=O)[C@H](Br)[C@@H]2O)C1. The Morgan fingerprint density at radius 2 is 2.25 bits per heavy atom. The van der Waals surface area contributed by atoms with E-state index in [-0.39, 0.29) is 17.9 Å². The summed E-state index contributed by atoms with van der Waals surface area (Å²) < 4.78 is 5.20. The monoisotopic (exact) mass is 345 g/mol. The lowest BCUT2D eigenvalue weighted by atomic mass is 9.83. The molecule has 0 saturated carbocycles. The molecule has 0 aromatic heterocycles. The number of carbonyl (C=O) groups is 2. The predicted molar refractivity (Wildman–Crippen MR) is 74.6 cm³/mol.